The summed E-state index contributed by atoms with van der Waals surface area (Å²) < 4.78 is 7.68. The number of carbonyl (C=O) groups excluding carboxylic acids is 1. The molecule has 4 bridgehead atoms. The van der Waals surface area contributed by atoms with Crippen molar-refractivity contribution in [2.45, 2.75) is 82.2 Å². The van der Waals surface area contributed by atoms with Gasteiger partial charge < -0.3 is 9.64 Å². The first-order valence-corrected chi connectivity index (χ1v) is 12.2. The van der Waals surface area contributed by atoms with Gasteiger partial charge in [0, 0.05) is 42.4 Å². The van der Waals surface area contributed by atoms with Crippen LogP contribution in [0, 0.1) is 22.7 Å². The van der Waals surface area contributed by atoms with Crippen molar-refractivity contribution >= 4 is 16.8 Å². The predicted molar refractivity (Wildman–Crippen MR) is 121 cm³/mol. The predicted octanol–water partition coefficient (Wildman–Crippen LogP) is 4.64. The molecule has 3 heterocycles. The Morgan fingerprint density at radius 2 is 2.00 bits per heavy atom. The molecule has 7 rings (SSSR count). The summed E-state index contributed by atoms with van der Waals surface area (Å²) in [5.41, 5.74) is 3.24. The van der Waals surface area contributed by atoms with Crippen LogP contribution in [0.5, 0.6) is 5.75 Å². The van der Waals surface area contributed by atoms with Crippen LogP contribution in [0.4, 0.5) is 0 Å². The standard InChI is InChI=1S/C26H32N4O2/c1-15(8-22(31)30-18-9-16-10-19(30)13-26(11-16,12-18)14-27)25-24-20(29(2)28-25)6-7-21(32-3)23(24)17-4-5-17/h6-7,15-19H,4-5,8-13H2,1-3H3. The number of nitrogens with zero attached hydrogens (tertiary/aromatic N) is 4. The van der Waals surface area contributed by atoms with Crippen molar-refractivity contribution in [3.8, 4) is 11.8 Å². The lowest BCUT2D eigenvalue weighted by atomic mass is 9.56. The van der Waals surface area contributed by atoms with Crippen LogP contribution in [0.1, 0.15) is 81.4 Å². The molecule has 1 aromatic carbocycles. The van der Waals surface area contributed by atoms with Crippen molar-refractivity contribution in [1.82, 2.24) is 14.7 Å². The fraction of sp³-hybridized carbons (Fsp3) is 0.654. The number of aromatic nitrogens is 2. The molecule has 3 saturated carbocycles. The van der Waals surface area contributed by atoms with Crippen molar-refractivity contribution < 1.29 is 9.53 Å². The van der Waals surface area contributed by atoms with Gasteiger partial charge in [-0.2, -0.15) is 10.4 Å². The number of amides is 1. The van der Waals surface area contributed by atoms with E-state index in [-0.39, 0.29) is 29.3 Å². The smallest absolute Gasteiger partial charge is 0.223 e. The molecule has 0 spiro atoms. The van der Waals surface area contributed by atoms with Crippen LogP contribution < -0.4 is 4.74 Å². The minimum absolute atomic E-state index is 0.0397. The van der Waals surface area contributed by atoms with Gasteiger partial charge in [0.1, 0.15) is 5.75 Å². The van der Waals surface area contributed by atoms with Crippen LogP contribution in [-0.4, -0.2) is 39.8 Å². The zero-order valence-corrected chi connectivity index (χ0v) is 19.3. The van der Waals surface area contributed by atoms with Crippen molar-refractivity contribution in [2.24, 2.45) is 18.4 Å². The Hall–Kier alpha value is -2.55. The number of nitriles is 1. The zero-order chi connectivity index (χ0) is 22.2. The lowest BCUT2D eigenvalue weighted by molar-refractivity contribution is -0.153. The Labute approximate surface area is 189 Å². The topological polar surface area (TPSA) is 71.2 Å². The van der Waals surface area contributed by atoms with E-state index in [0.717, 1.165) is 49.1 Å². The highest BCUT2D eigenvalue weighted by Gasteiger charge is 2.56. The first-order valence-electron chi connectivity index (χ1n) is 12.2. The van der Waals surface area contributed by atoms with E-state index >= 15 is 0 Å². The molecule has 3 atom stereocenters. The fourth-order valence-electron chi connectivity index (χ4n) is 7.33. The van der Waals surface area contributed by atoms with E-state index in [2.05, 4.69) is 30.0 Å². The second-order valence-electron chi connectivity index (χ2n) is 10.9. The molecule has 2 aromatic rings. The highest BCUT2D eigenvalue weighted by Crippen LogP contribution is 2.56. The molecule has 5 fully saturated rings. The molecule has 0 radical (unpaired) electrons. The molecule has 5 aliphatic rings. The highest BCUT2D eigenvalue weighted by atomic mass is 16.5. The molecule has 168 valence electrons. The summed E-state index contributed by atoms with van der Waals surface area (Å²) in [6.07, 6.45) is 7.79. The largest absolute Gasteiger partial charge is 0.496 e. The summed E-state index contributed by atoms with van der Waals surface area (Å²) in [4.78, 5) is 15.8. The van der Waals surface area contributed by atoms with Crippen LogP contribution in [0.2, 0.25) is 0 Å². The van der Waals surface area contributed by atoms with Gasteiger partial charge in [-0.1, -0.05) is 6.92 Å². The van der Waals surface area contributed by atoms with Gasteiger partial charge in [-0.3, -0.25) is 9.48 Å². The molecule has 3 unspecified atom stereocenters. The Morgan fingerprint density at radius 3 is 2.62 bits per heavy atom. The SMILES string of the molecule is COc1ccc2c(c(C(C)CC(=O)N3C4CC5CC3CC(C#N)(C5)C4)nn2C)c1C1CC1. The second kappa shape index (κ2) is 6.97. The average molecular weight is 433 g/mol. The second-order valence-corrected chi connectivity index (χ2v) is 10.9. The molecule has 32 heavy (non-hydrogen) atoms. The summed E-state index contributed by atoms with van der Waals surface area (Å²) in [6.45, 7) is 2.14. The average Bonchev–Trinajstić information content (AvgIpc) is 3.55. The van der Waals surface area contributed by atoms with E-state index < -0.39 is 0 Å². The van der Waals surface area contributed by atoms with Gasteiger partial charge in [0.05, 0.1) is 29.8 Å². The van der Waals surface area contributed by atoms with Gasteiger partial charge in [0.25, 0.3) is 0 Å². The van der Waals surface area contributed by atoms with Gasteiger partial charge in [0.2, 0.25) is 5.91 Å². The lowest BCUT2D eigenvalue weighted by Gasteiger charge is -2.59. The number of aryl methyl sites for hydroxylation is 1. The first kappa shape index (κ1) is 20.1. The fourth-order valence-corrected chi connectivity index (χ4v) is 7.33. The van der Waals surface area contributed by atoms with E-state index in [1.165, 1.54) is 23.8 Å². The lowest BCUT2D eigenvalue weighted by Crippen LogP contribution is -2.63. The molecule has 2 saturated heterocycles. The van der Waals surface area contributed by atoms with Crippen LogP contribution in [0.25, 0.3) is 10.9 Å². The van der Waals surface area contributed by atoms with E-state index in [9.17, 15) is 10.1 Å². The van der Waals surface area contributed by atoms with Gasteiger partial charge >= 0.3 is 0 Å². The molecule has 0 N–H and O–H groups in total. The van der Waals surface area contributed by atoms with E-state index in [4.69, 9.17) is 9.84 Å². The number of hydrogen-bond donors (Lipinski definition) is 0. The van der Waals surface area contributed by atoms with Gasteiger partial charge in [-0.05, 0) is 68.9 Å². The number of methoxy groups -OCH3 is 1. The van der Waals surface area contributed by atoms with Crippen molar-refractivity contribution in [1.29, 1.82) is 5.26 Å². The van der Waals surface area contributed by atoms with Crippen molar-refractivity contribution in [3.05, 3.63) is 23.4 Å². The highest BCUT2D eigenvalue weighted by molar-refractivity contribution is 5.90. The number of hydrogen-bond acceptors (Lipinski definition) is 4. The monoisotopic (exact) mass is 432 g/mol. The summed E-state index contributed by atoms with van der Waals surface area (Å²) in [7, 11) is 3.73. The van der Waals surface area contributed by atoms with Crippen LogP contribution in [-0.2, 0) is 11.8 Å². The van der Waals surface area contributed by atoms with Gasteiger partial charge in [-0.15, -0.1) is 0 Å². The van der Waals surface area contributed by atoms with E-state index in [1.54, 1.807) is 7.11 Å². The number of rotatable bonds is 5. The molecule has 3 aliphatic carbocycles. The molecule has 6 heteroatoms. The summed E-state index contributed by atoms with van der Waals surface area (Å²) in [5, 5.41) is 15.9. The van der Waals surface area contributed by atoms with E-state index in [1.807, 2.05) is 11.7 Å². The van der Waals surface area contributed by atoms with Crippen LogP contribution >= 0.6 is 0 Å². The van der Waals surface area contributed by atoms with Crippen LogP contribution in [0.15, 0.2) is 12.1 Å². The Balaban J connectivity index is 1.30. The number of ether oxygens (including phenoxy) is 1. The Morgan fingerprint density at radius 1 is 1.28 bits per heavy atom. The van der Waals surface area contributed by atoms with Gasteiger partial charge in [0.15, 0.2) is 0 Å². The van der Waals surface area contributed by atoms with Crippen molar-refractivity contribution in [3.63, 3.8) is 0 Å². The number of carbonyl (C=O) groups is 1. The van der Waals surface area contributed by atoms with Crippen LogP contribution in [0.3, 0.4) is 0 Å². The van der Waals surface area contributed by atoms with Gasteiger partial charge in [-0.25, -0.2) is 0 Å². The molecular weight excluding hydrogens is 400 g/mol. The number of fused-ring (bicyclic) bond motifs is 1. The zero-order valence-electron chi connectivity index (χ0n) is 19.3. The minimum Gasteiger partial charge on any atom is -0.496 e. The normalized spacial score (nSPS) is 31.7. The Bertz CT molecular complexity index is 1120. The quantitative estimate of drug-likeness (QED) is 0.690. The molecule has 1 amide bonds. The first-order chi connectivity index (χ1) is 15.4. The third kappa shape index (κ3) is 2.89. The maximum Gasteiger partial charge on any atom is 0.223 e. The molecule has 6 nitrogen and oxygen atoms in total. The maximum atomic E-state index is 13.6. The summed E-state index contributed by atoms with van der Waals surface area (Å²) >= 11 is 0. The van der Waals surface area contributed by atoms with E-state index in [0.29, 0.717) is 18.3 Å². The Kier molecular flexibility index (Phi) is 4.38. The minimum atomic E-state index is -0.175. The summed E-state index contributed by atoms with van der Waals surface area (Å²) in [6, 6.07) is 7.28. The maximum absolute atomic E-state index is 13.6. The number of piperidine rings is 2. The molecule has 1 aromatic heterocycles. The molecule has 2 aliphatic heterocycles. The number of benzene rings is 1. The molecular formula is C26H32N4O2. The summed E-state index contributed by atoms with van der Waals surface area (Å²) in [5.74, 6) is 2.39. The van der Waals surface area contributed by atoms with Crippen molar-refractivity contribution in [2.75, 3.05) is 7.11 Å². The third-order valence-corrected chi connectivity index (χ3v) is 8.65. The third-order valence-electron chi connectivity index (χ3n) is 8.65.